The summed E-state index contributed by atoms with van der Waals surface area (Å²) in [6.45, 7) is 3.61. The van der Waals surface area contributed by atoms with Crippen molar-refractivity contribution in [2.45, 2.75) is 12.7 Å². The predicted octanol–water partition coefficient (Wildman–Crippen LogP) is 5.56. The van der Waals surface area contributed by atoms with Gasteiger partial charge in [-0.1, -0.05) is 35.3 Å². The Labute approximate surface area is 225 Å². The highest BCUT2D eigenvalue weighted by atomic mass is 35.5. The van der Waals surface area contributed by atoms with E-state index in [-0.39, 0.29) is 11.2 Å². The fraction of sp³-hybridized carbons (Fsp3) is 0.250. The number of hydrogen-bond donors (Lipinski definition) is 2. The first-order valence-electron chi connectivity index (χ1n) is 11.1. The molecular formula is C24H22Cl2F3N5O4. The maximum atomic E-state index is 12.4. The molecule has 0 aliphatic carbocycles. The van der Waals surface area contributed by atoms with Gasteiger partial charge in [0.05, 0.1) is 0 Å². The lowest BCUT2D eigenvalue weighted by atomic mass is 10.2. The van der Waals surface area contributed by atoms with E-state index in [0.29, 0.717) is 23.9 Å². The minimum Gasteiger partial charge on any atom is -0.475 e. The van der Waals surface area contributed by atoms with Crippen molar-refractivity contribution in [1.82, 2.24) is 20.0 Å². The molecule has 1 aromatic heterocycles. The number of anilines is 1. The third kappa shape index (κ3) is 9.36. The van der Waals surface area contributed by atoms with Crippen molar-refractivity contribution in [2.24, 2.45) is 0 Å². The highest BCUT2D eigenvalue weighted by Gasteiger charge is 2.38. The maximum absolute atomic E-state index is 12.4. The van der Waals surface area contributed by atoms with Crippen LogP contribution >= 0.6 is 23.2 Å². The number of piperazine rings is 1. The van der Waals surface area contributed by atoms with Crippen molar-refractivity contribution in [3.05, 3.63) is 76.4 Å². The van der Waals surface area contributed by atoms with Gasteiger partial charge in [0.2, 0.25) is 0 Å². The number of hydrogen-bond acceptors (Lipinski definition) is 6. The Bertz CT molecular complexity index is 1220. The normalized spacial score (nSPS) is 13.8. The number of alkyl halides is 3. The average Bonchev–Trinajstić information content (AvgIpc) is 2.87. The molecule has 2 N–H and O–H groups in total. The number of rotatable bonds is 5. The van der Waals surface area contributed by atoms with Crippen LogP contribution in [-0.2, 0) is 11.3 Å². The number of carbonyl (C=O) groups excluding carboxylic acids is 1. The number of urea groups is 1. The van der Waals surface area contributed by atoms with E-state index in [1.165, 1.54) is 0 Å². The molecule has 4 rings (SSSR count). The second kappa shape index (κ2) is 13.3. The van der Waals surface area contributed by atoms with E-state index in [2.05, 4.69) is 26.5 Å². The molecular weight excluding hydrogens is 550 g/mol. The van der Waals surface area contributed by atoms with Crippen molar-refractivity contribution in [3.8, 4) is 11.5 Å². The van der Waals surface area contributed by atoms with E-state index in [1.807, 2.05) is 30.3 Å². The van der Waals surface area contributed by atoms with E-state index in [1.54, 1.807) is 29.2 Å². The molecule has 2 aromatic carbocycles. The van der Waals surface area contributed by atoms with Crippen LogP contribution in [0, 0.1) is 0 Å². The van der Waals surface area contributed by atoms with Gasteiger partial charge in [-0.05, 0) is 54.1 Å². The predicted molar refractivity (Wildman–Crippen MR) is 135 cm³/mol. The summed E-state index contributed by atoms with van der Waals surface area (Å²) in [5.74, 6) is -0.852. The summed E-state index contributed by atoms with van der Waals surface area (Å²) >= 11 is 11.6. The molecule has 9 nitrogen and oxygen atoms in total. The van der Waals surface area contributed by atoms with Gasteiger partial charge in [0, 0.05) is 37.7 Å². The molecule has 0 saturated carbocycles. The Morgan fingerprint density at radius 1 is 0.947 bits per heavy atom. The highest BCUT2D eigenvalue weighted by Crippen LogP contribution is 2.24. The van der Waals surface area contributed by atoms with Gasteiger partial charge >= 0.3 is 18.2 Å². The van der Waals surface area contributed by atoms with Gasteiger partial charge in [0.25, 0.3) is 0 Å². The Morgan fingerprint density at radius 2 is 1.61 bits per heavy atom. The van der Waals surface area contributed by atoms with Crippen LogP contribution in [0.4, 0.5) is 23.8 Å². The molecule has 1 saturated heterocycles. The number of amides is 2. The van der Waals surface area contributed by atoms with E-state index in [0.717, 1.165) is 36.7 Å². The van der Waals surface area contributed by atoms with Crippen molar-refractivity contribution < 1.29 is 32.6 Å². The number of carbonyl (C=O) groups is 2. The quantitative estimate of drug-likeness (QED) is 0.412. The first-order chi connectivity index (χ1) is 18.0. The zero-order chi connectivity index (χ0) is 27.7. The SMILES string of the molecule is O=C(Nc1ccc(Cl)nn1)N1CCN(Cc2cccc(Oc3ccc(Cl)cc3)c2)CC1.O=C(O)C(F)(F)F. The average molecular weight is 572 g/mol. The molecule has 3 aromatic rings. The summed E-state index contributed by atoms with van der Waals surface area (Å²) in [5.41, 5.74) is 1.15. The molecule has 0 atom stereocenters. The standard InChI is InChI=1S/C22H21Cl2N5O2.C2HF3O2/c23-17-4-6-18(7-5-17)31-19-3-1-2-16(14-19)15-28-10-12-29(13-11-28)22(30)25-21-9-8-20(24)26-27-21;3-2(4,5)1(6)7/h1-9,14H,10-13,15H2,(H,25,27,30);(H,6,7). The molecule has 0 bridgehead atoms. The van der Waals surface area contributed by atoms with Crippen molar-refractivity contribution in [1.29, 1.82) is 0 Å². The molecule has 0 radical (unpaired) electrons. The zero-order valence-electron chi connectivity index (χ0n) is 19.7. The summed E-state index contributed by atoms with van der Waals surface area (Å²) in [6.07, 6.45) is -5.08. The second-order valence-electron chi connectivity index (χ2n) is 7.94. The van der Waals surface area contributed by atoms with Gasteiger partial charge in [0.15, 0.2) is 11.0 Å². The first-order valence-corrected chi connectivity index (χ1v) is 11.8. The number of carboxylic acid groups (broad SMARTS) is 1. The molecule has 1 aliphatic rings. The van der Waals surface area contributed by atoms with Crippen LogP contribution in [0.5, 0.6) is 11.5 Å². The van der Waals surface area contributed by atoms with Crippen LogP contribution in [0.1, 0.15) is 5.56 Å². The van der Waals surface area contributed by atoms with Gasteiger partial charge in [0.1, 0.15) is 11.5 Å². The number of aliphatic carboxylic acids is 1. The lowest BCUT2D eigenvalue weighted by molar-refractivity contribution is -0.192. The van der Waals surface area contributed by atoms with Gasteiger partial charge < -0.3 is 14.7 Å². The molecule has 0 unspecified atom stereocenters. The summed E-state index contributed by atoms with van der Waals surface area (Å²) in [6, 6.07) is 18.3. The Hall–Kier alpha value is -3.61. The van der Waals surface area contributed by atoms with Crippen LogP contribution in [-0.4, -0.2) is 69.5 Å². The van der Waals surface area contributed by atoms with Crippen LogP contribution in [0.2, 0.25) is 10.2 Å². The van der Waals surface area contributed by atoms with Crippen molar-refractivity contribution in [2.75, 3.05) is 31.5 Å². The fourth-order valence-electron chi connectivity index (χ4n) is 3.28. The smallest absolute Gasteiger partial charge is 0.475 e. The third-order valence-electron chi connectivity index (χ3n) is 5.12. The summed E-state index contributed by atoms with van der Waals surface area (Å²) in [7, 11) is 0. The van der Waals surface area contributed by atoms with Crippen LogP contribution in [0.15, 0.2) is 60.7 Å². The third-order valence-corrected chi connectivity index (χ3v) is 5.58. The summed E-state index contributed by atoms with van der Waals surface area (Å²) < 4.78 is 37.7. The molecule has 1 aliphatic heterocycles. The summed E-state index contributed by atoms with van der Waals surface area (Å²) in [4.78, 5) is 25.4. The van der Waals surface area contributed by atoms with Crippen LogP contribution < -0.4 is 10.1 Å². The van der Waals surface area contributed by atoms with E-state index in [9.17, 15) is 18.0 Å². The minimum absolute atomic E-state index is 0.186. The second-order valence-corrected chi connectivity index (χ2v) is 8.76. The molecule has 14 heteroatoms. The zero-order valence-corrected chi connectivity index (χ0v) is 21.2. The van der Waals surface area contributed by atoms with Crippen molar-refractivity contribution >= 4 is 41.0 Å². The topological polar surface area (TPSA) is 108 Å². The van der Waals surface area contributed by atoms with E-state index >= 15 is 0 Å². The minimum atomic E-state index is -5.08. The lowest BCUT2D eigenvalue weighted by Crippen LogP contribution is -2.49. The van der Waals surface area contributed by atoms with Crippen LogP contribution in [0.25, 0.3) is 0 Å². The van der Waals surface area contributed by atoms with Gasteiger partial charge in [-0.25, -0.2) is 9.59 Å². The summed E-state index contributed by atoms with van der Waals surface area (Å²) in [5, 5.41) is 18.4. The van der Waals surface area contributed by atoms with Crippen molar-refractivity contribution in [3.63, 3.8) is 0 Å². The molecule has 2 heterocycles. The van der Waals surface area contributed by atoms with Crippen LogP contribution in [0.3, 0.4) is 0 Å². The molecule has 38 heavy (non-hydrogen) atoms. The maximum Gasteiger partial charge on any atom is 0.490 e. The number of ether oxygens (including phenoxy) is 1. The number of nitrogens with zero attached hydrogens (tertiary/aromatic N) is 4. The first kappa shape index (κ1) is 29.0. The fourth-order valence-corrected chi connectivity index (χ4v) is 3.51. The van der Waals surface area contributed by atoms with Gasteiger partial charge in [-0.2, -0.15) is 13.2 Å². The molecule has 0 spiro atoms. The van der Waals surface area contributed by atoms with Gasteiger partial charge in [-0.3, -0.25) is 10.2 Å². The number of halogens is 5. The highest BCUT2D eigenvalue weighted by molar-refractivity contribution is 6.30. The largest absolute Gasteiger partial charge is 0.490 e. The lowest BCUT2D eigenvalue weighted by Gasteiger charge is -2.34. The number of benzene rings is 2. The molecule has 1 fully saturated rings. The Balaban J connectivity index is 0.000000505. The Morgan fingerprint density at radius 3 is 2.18 bits per heavy atom. The monoisotopic (exact) mass is 571 g/mol. The molecule has 202 valence electrons. The Kier molecular flexibility index (Phi) is 10.1. The molecule has 2 amide bonds. The van der Waals surface area contributed by atoms with Gasteiger partial charge in [-0.15, -0.1) is 10.2 Å². The number of aromatic nitrogens is 2. The number of nitrogens with one attached hydrogen (secondary N) is 1. The van der Waals surface area contributed by atoms with E-state index in [4.69, 9.17) is 37.8 Å². The number of carboxylic acids is 1. The van der Waals surface area contributed by atoms with E-state index < -0.39 is 12.1 Å².